The number of nitrogens with zero attached hydrogens (tertiary/aromatic N) is 2. The number of fused-ring (bicyclic) bond motifs is 1. The van der Waals surface area contributed by atoms with E-state index >= 15 is 0 Å². The van der Waals surface area contributed by atoms with Crippen LogP contribution in [0.1, 0.15) is 47.4 Å². The van der Waals surface area contributed by atoms with Crippen molar-refractivity contribution in [3.63, 3.8) is 0 Å². The maximum atomic E-state index is 14.5. The Kier molecular flexibility index (Phi) is 10.6. The molecular formula is C39H35F3N4O5. The minimum atomic E-state index is -4.67. The second kappa shape index (κ2) is 15.4. The number of aliphatic imine (C=N–C) groups is 1. The van der Waals surface area contributed by atoms with Gasteiger partial charge in [-0.2, -0.15) is 13.2 Å². The minimum Gasteiger partial charge on any atom is -0.447 e. The van der Waals surface area contributed by atoms with E-state index in [0.717, 1.165) is 10.5 Å². The van der Waals surface area contributed by atoms with Crippen LogP contribution in [0.5, 0.6) is 0 Å². The second-order valence-electron chi connectivity index (χ2n) is 12.4. The molecule has 0 bridgehead atoms. The number of hydrogen-bond acceptors (Lipinski definition) is 6. The smallest absolute Gasteiger partial charge is 0.416 e. The molecule has 0 spiro atoms. The fourth-order valence-corrected chi connectivity index (χ4v) is 6.47. The quantitative estimate of drug-likeness (QED) is 0.182. The van der Waals surface area contributed by atoms with Gasteiger partial charge >= 0.3 is 12.3 Å². The SMILES string of the molecule is O=C1Nc2ccccc2C(c2ccccc2)=N[C@@H]1NC(=O)[C@H](CCC(F)(F)F)[C@@H](C(=O)N1C(=O)OC[C@H]1CCc1ccccc1)c1ccccc1. The molecule has 2 N–H and O–H groups in total. The van der Waals surface area contributed by atoms with Gasteiger partial charge in [0, 0.05) is 17.5 Å². The lowest BCUT2D eigenvalue weighted by Crippen LogP contribution is -2.50. The molecule has 1 fully saturated rings. The maximum absolute atomic E-state index is 14.5. The van der Waals surface area contributed by atoms with E-state index in [1.165, 1.54) is 12.1 Å². The van der Waals surface area contributed by atoms with Crippen LogP contribution >= 0.6 is 0 Å². The van der Waals surface area contributed by atoms with Gasteiger partial charge in [0.15, 0.2) is 0 Å². The number of ether oxygens (including phenoxy) is 1. The van der Waals surface area contributed by atoms with E-state index in [0.29, 0.717) is 35.4 Å². The highest BCUT2D eigenvalue weighted by Crippen LogP contribution is 2.36. The number of hydrogen-bond donors (Lipinski definition) is 2. The van der Waals surface area contributed by atoms with E-state index in [2.05, 4.69) is 15.6 Å². The predicted octanol–water partition coefficient (Wildman–Crippen LogP) is 6.64. The van der Waals surface area contributed by atoms with Gasteiger partial charge < -0.3 is 15.4 Å². The highest BCUT2D eigenvalue weighted by atomic mass is 19.4. The van der Waals surface area contributed by atoms with Crippen molar-refractivity contribution in [3.8, 4) is 0 Å². The van der Waals surface area contributed by atoms with Crippen molar-refractivity contribution in [2.24, 2.45) is 10.9 Å². The van der Waals surface area contributed by atoms with Crippen LogP contribution in [-0.2, 0) is 25.5 Å². The summed E-state index contributed by atoms with van der Waals surface area (Å²) in [6, 6.07) is 32.5. The number of benzodiazepines with no additional fused rings is 1. The summed E-state index contributed by atoms with van der Waals surface area (Å²) in [5.74, 6) is -5.77. The number of rotatable bonds is 11. The highest BCUT2D eigenvalue weighted by Gasteiger charge is 2.46. The van der Waals surface area contributed by atoms with Crippen LogP contribution in [0.4, 0.5) is 23.7 Å². The number of cyclic esters (lactones) is 1. The number of carbonyl (C=O) groups excluding carboxylic acids is 4. The van der Waals surface area contributed by atoms with Crippen molar-refractivity contribution < 1.29 is 37.1 Å². The number of nitrogens with one attached hydrogen (secondary N) is 2. The van der Waals surface area contributed by atoms with Gasteiger partial charge in [0.25, 0.3) is 5.91 Å². The van der Waals surface area contributed by atoms with Crippen LogP contribution in [-0.4, -0.2) is 59.4 Å². The zero-order valence-corrected chi connectivity index (χ0v) is 27.4. The largest absolute Gasteiger partial charge is 0.447 e. The van der Waals surface area contributed by atoms with E-state index in [1.54, 1.807) is 66.7 Å². The summed E-state index contributed by atoms with van der Waals surface area (Å²) < 4.78 is 46.7. The van der Waals surface area contributed by atoms with E-state index < -0.39 is 66.9 Å². The van der Waals surface area contributed by atoms with Gasteiger partial charge in [-0.15, -0.1) is 0 Å². The molecule has 0 radical (unpaired) electrons. The lowest BCUT2D eigenvalue weighted by molar-refractivity contribution is -0.147. The Morgan fingerprint density at radius 2 is 1.51 bits per heavy atom. The topological polar surface area (TPSA) is 117 Å². The standard InChI is InChI=1S/C39H35F3N4O5/c40-39(41,42)23-22-30(35(47)45-34-36(48)43-31-19-11-10-18-29(31)33(44-34)27-16-8-3-9-17-27)32(26-14-6-2-7-15-26)37(49)46-28(24-51-38(46)50)21-20-25-12-4-1-5-13-25/h1-19,28,30,32,34H,20-24H2,(H,43,48)(H,45,47)/t28-,30-,32+,34-/m1/s1. The van der Waals surface area contributed by atoms with Crippen molar-refractivity contribution in [2.75, 3.05) is 11.9 Å². The number of benzene rings is 4. The number of aryl methyl sites for hydroxylation is 1. The Labute approximate surface area is 292 Å². The Bertz CT molecular complexity index is 1900. The summed E-state index contributed by atoms with van der Waals surface area (Å²) in [5, 5.41) is 5.31. The molecule has 12 heteroatoms. The number of imide groups is 1. The summed E-state index contributed by atoms with van der Waals surface area (Å²) in [6.07, 6.45) is -8.54. The zero-order valence-electron chi connectivity index (χ0n) is 27.4. The van der Waals surface area contributed by atoms with E-state index in [-0.39, 0.29) is 12.2 Å². The molecule has 0 aliphatic carbocycles. The van der Waals surface area contributed by atoms with Gasteiger partial charge in [-0.05, 0) is 36.5 Å². The molecule has 4 amide bonds. The molecule has 0 saturated carbocycles. The Hall–Kier alpha value is -5.78. The molecule has 2 heterocycles. The average molecular weight is 697 g/mol. The van der Waals surface area contributed by atoms with Crippen LogP contribution in [0.25, 0.3) is 0 Å². The normalized spacial score (nSPS) is 18.4. The summed E-state index contributed by atoms with van der Waals surface area (Å²) in [6.45, 7) is -0.0991. The summed E-state index contributed by atoms with van der Waals surface area (Å²) in [4.78, 5) is 61.0. The van der Waals surface area contributed by atoms with Crippen molar-refractivity contribution >= 4 is 35.2 Å². The van der Waals surface area contributed by atoms with Gasteiger partial charge in [0.1, 0.15) is 6.61 Å². The molecule has 262 valence electrons. The molecule has 4 aromatic rings. The Morgan fingerprint density at radius 1 is 0.882 bits per heavy atom. The van der Waals surface area contributed by atoms with E-state index in [4.69, 9.17) is 4.74 Å². The number of carbonyl (C=O) groups is 4. The summed E-state index contributed by atoms with van der Waals surface area (Å²) >= 11 is 0. The molecule has 9 nitrogen and oxygen atoms in total. The second-order valence-corrected chi connectivity index (χ2v) is 12.4. The van der Waals surface area contributed by atoms with Gasteiger partial charge in [0.2, 0.25) is 18.0 Å². The molecule has 2 aliphatic rings. The molecule has 0 unspecified atom stereocenters. The fraction of sp³-hybridized carbons (Fsp3) is 0.256. The van der Waals surface area contributed by atoms with E-state index in [1.807, 2.05) is 36.4 Å². The van der Waals surface area contributed by atoms with Crippen molar-refractivity contribution in [3.05, 3.63) is 138 Å². The Balaban J connectivity index is 1.35. The lowest BCUT2D eigenvalue weighted by Gasteiger charge is -2.31. The molecule has 1 saturated heterocycles. The molecule has 51 heavy (non-hydrogen) atoms. The predicted molar refractivity (Wildman–Crippen MR) is 184 cm³/mol. The van der Waals surface area contributed by atoms with Gasteiger partial charge in [-0.3, -0.25) is 14.4 Å². The van der Waals surface area contributed by atoms with E-state index in [9.17, 15) is 32.3 Å². The Morgan fingerprint density at radius 3 is 2.20 bits per heavy atom. The van der Waals surface area contributed by atoms with Gasteiger partial charge in [0.05, 0.1) is 29.3 Å². The molecule has 2 aliphatic heterocycles. The first-order valence-electron chi connectivity index (χ1n) is 16.6. The minimum absolute atomic E-state index is 0.0991. The van der Waals surface area contributed by atoms with Crippen molar-refractivity contribution in [1.82, 2.24) is 10.2 Å². The van der Waals surface area contributed by atoms with Gasteiger partial charge in [-0.1, -0.05) is 109 Å². The monoisotopic (exact) mass is 696 g/mol. The molecule has 0 aromatic heterocycles. The first-order valence-corrected chi connectivity index (χ1v) is 16.6. The fourth-order valence-electron chi connectivity index (χ4n) is 6.47. The number of alkyl halides is 3. The molecule has 4 atom stereocenters. The van der Waals surface area contributed by atoms with Crippen LogP contribution in [0.2, 0.25) is 0 Å². The third-order valence-electron chi connectivity index (χ3n) is 8.98. The maximum Gasteiger partial charge on any atom is 0.416 e. The highest BCUT2D eigenvalue weighted by molar-refractivity contribution is 6.19. The van der Waals surface area contributed by atoms with Crippen LogP contribution < -0.4 is 10.6 Å². The van der Waals surface area contributed by atoms with Crippen LogP contribution in [0.3, 0.4) is 0 Å². The van der Waals surface area contributed by atoms with Crippen molar-refractivity contribution in [2.45, 2.75) is 50.0 Å². The van der Waals surface area contributed by atoms with Crippen LogP contribution in [0, 0.1) is 5.92 Å². The first kappa shape index (κ1) is 35.1. The summed E-state index contributed by atoms with van der Waals surface area (Å²) in [7, 11) is 0. The third kappa shape index (κ3) is 8.34. The number of anilines is 1. The number of para-hydroxylation sites is 1. The molecule has 4 aromatic carbocycles. The summed E-state index contributed by atoms with van der Waals surface area (Å²) in [5.41, 5.74) is 3.22. The lowest BCUT2D eigenvalue weighted by atomic mass is 9.81. The van der Waals surface area contributed by atoms with Gasteiger partial charge in [-0.25, -0.2) is 14.7 Å². The molecule has 6 rings (SSSR count). The van der Waals surface area contributed by atoms with Crippen LogP contribution in [0.15, 0.2) is 120 Å². The number of halogens is 3. The zero-order chi connectivity index (χ0) is 36.0. The number of amides is 4. The average Bonchev–Trinajstić information content (AvgIpc) is 3.44. The third-order valence-corrected chi connectivity index (χ3v) is 8.98. The first-order chi connectivity index (χ1) is 24.6. The van der Waals surface area contributed by atoms with Crippen molar-refractivity contribution in [1.29, 1.82) is 0 Å². The molecular weight excluding hydrogens is 661 g/mol.